The van der Waals surface area contributed by atoms with Crippen molar-refractivity contribution >= 4 is 5.97 Å². The molecule has 0 aliphatic rings. The first-order valence-corrected chi connectivity index (χ1v) is 6.28. The lowest BCUT2D eigenvalue weighted by atomic mass is 9.92. The molecule has 0 saturated heterocycles. The number of carbonyl (C=O) groups excluding carboxylic acids is 1. The van der Waals surface area contributed by atoms with Crippen LogP contribution in [-0.4, -0.2) is 42.6 Å². The van der Waals surface area contributed by atoms with E-state index in [0.717, 1.165) is 11.6 Å². The van der Waals surface area contributed by atoms with Gasteiger partial charge in [0, 0.05) is 6.08 Å². The van der Waals surface area contributed by atoms with Gasteiger partial charge < -0.3 is 19.7 Å². The van der Waals surface area contributed by atoms with Gasteiger partial charge in [-0.15, -0.1) is 0 Å². The van der Waals surface area contributed by atoms with Crippen molar-refractivity contribution in [3.63, 3.8) is 0 Å². The first kappa shape index (κ1) is 16.4. The molecule has 5 heteroatoms. The summed E-state index contributed by atoms with van der Waals surface area (Å²) < 4.78 is 10.4. The summed E-state index contributed by atoms with van der Waals surface area (Å²) in [5.74, 6) is -0.598. The molecule has 2 N–H and O–H groups in total. The molecule has 0 aliphatic heterocycles. The van der Waals surface area contributed by atoms with Crippen LogP contribution >= 0.6 is 0 Å². The second-order valence-corrected chi connectivity index (χ2v) is 4.61. The van der Waals surface area contributed by atoms with Crippen molar-refractivity contribution in [2.24, 2.45) is 5.41 Å². The van der Waals surface area contributed by atoms with E-state index in [9.17, 15) is 15.0 Å². The lowest BCUT2D eigenvalue weighted by molar-refractivity contribution is -0.147. The van der Waals surface area contributed by atoms with Gasteiger partial charge in [0.2, 0.25) is 0 Å². The van der Waals surface area contributed by atoms with Gasteiger partial charge in [0.15, 0.2) is 0 Å². The molecular formula is C15H20O5. The number of ether oxygens (including phenoxy) is 2. The van der Waals surface area contributed by atoms with E-state index >= 15 is 0 Å². The summed E-state index contributed by atoms with van der Waals surface area (Å²) >= 11 is 0. The lowest BCUT2D eigenvalue weighted by Crippen LogP contribution is -2.40. The summed E-state index contributed by atoms with van der Waals surface area (Å²) in [5, 5.41) is 18.8. The van der Waals surface area contributed by atoms with Gasteiger partial charge in [0.05, 0.1) is 31.8 Å². The molecule has 0 fully saturated rings. The minimum Gasteiger partial charge on any atom is -0.462 e. The normalized spacial score (nSPS) is 11.1. The molecule has 1 aromatic rings. The van der Waals surface area contributed by atoms with E-state index in [1.807, 2.05) is 30.3 Å². The van der Waals surface area contributed by atoms with Crippen LogP contribution in [0.5, 0.6) is 0 Å². The van der Waals surface area contributed by atoms with Crippen molar-refractivity contribution in [2.45, 2.75) is 6.61 Å². The van der Waals surface area contributed by atoms with Crippen LogP contribution in [0.1, 0.15) is 5.56 Å². The molecule has 0 bridgehead atoms. The Morgan fingerprint density at radius 3 is 2.40 bits per heavy atom. The second kappa shape index (κ2) is 8.47. The molecule has 0 spiro atoms. The van der Waals surface area contributed by atoms with Gasteiger partial charge in [-0.3, -0.25) is 0 Å². The Bertz CT molecular complexity index is 412. The van der Waals surface area contributed by atoms with Gasteiger partial charge in [0.1, 0.15) is 6.61 Å². The molecule has 110 valence electrons. The molecule has 0 aliphatic carbocycles. The van der Waals surface area contributed by atoms with Gasteiger partial charge in [-0.05, 0) is 5.56 Å². The van der Waals surface area contributed by atoms with Crippen LogP contribution in [0, 0.1) is 5.41 Å². The summed E-state index contributed by atoms with van der Waals surface area (Å²) in [6.07, 6.45) is 1.03. The van der Waals surface area contributed by atoms with Crippen molar-refractivity contribution in [2.75, 3.05) is 26.4 Å². The maximum atomic E-state index is 11.0. The Morgan fingerprint density at radius 1 is 1.20 bits per heavy atom. The molecule has 1 rings (SSSR count). The molecular weight excluding hydrogens is 260 g/mol. The Balaban J connectivity index is 2.49. The van der Waals surface area contributed by atoms with Crippen LogP contribution in [0.3, 0.4) is 0 Å². The van der Waals surface area contributed by atoms with Crippen molar-refractivity contribution < 1.29 is 24.5 Å². The fourth-order valence-electron chi connectivity index (χ4n) is 1.52. The first-order chi connectivity index (χ1) is 9.65. The van der Waals surface area contributed by atoms with Crippen molar-refractivity contribution in [3.05, 3.63) is 48.6 Å². The Morgan fingerprint density at radius 2 is 1.85 bits per heavy atom. The van der Waals surface area contributed by atoms with E-state index in [1.54, 1.807) is 0 Å². The van der Waals surface area contributed by atoms with Crippen LogP contribution in [0.2, 0.25) is 0 Å². The van der Waals surface area contributed by atoms with Crippen LogP contribution in [-0.2, 0) is 20.9 Å². The smallest absolute Gasteiger partial charge is 0.330 e. The van der Waals surface area contributed by atoms with E-state index in [2.05, 4.69) is 6.58 Å². The summed E-state index contributed by atoms with van der Waals surface area (Å²) in [6, 6.07) is 9.53. The van der Waals surface area contributed by atoms with Gasteiger partial charge in [-0.1, -0.05) is 36.9 Å². The highest BCUT2D eigenvalue weighted by Gasteiger charge is 2.31. The molecule has 20 heavy (non-hydrogen) atoms. The highest BCUT2D eigenvalue weighted by atomic mass is 16.5. The summed E-state index contributed by atoms with van der Waals surface area (Å²) in [7, 11) is 0. The first-order valence-electron chi connectivity index (χ1n) is 6.28. The third-order valence-corrected chi connectivity index (χ3v) is 2.88. The molecule has 0 radical (unpaired) electrons. The molecule has 0 saturated carbocycles. The number of aliphatic hydroxyl groups is 2. The van der Waals surface area contributed by atoms with Crippen LogP contribution < -0.4 is 0 Å². The second-order valence-electron chi connectivity index (χ2n) is 4.61. The van der Waals surface area contributed by atoms with Crippen molar-refractivity contribution in [3.8, 4) is 0 Å². The van der Waals surface area contributed by atoms with Crippen LogP contribution in [0.15, 0.2) is 43.0 Å². The minimum absolute atomic E-state index is 0.0827. The fraction of sp³-hybridized carbons (Fsp3) is 0.400. The highest BCUT2D eigenvalue weighted by Crippen LogP contribution is 2.18. The largest absolute Gasteiger partial charge is 0.462 e. The number of rotatable bonds is 9. The molecule has 5 nitrogen and oxygen atoms in total. The van der Waals surface area contributed by atoms with E-state index in [-0.39, 0.29) is 26.4 Å². The number of esters is 1. The third kappa shape index (κ3) is 5.13. The van der Waals surface area contributed by atoms with Crippen LogP contribution in [0.4, 0.5) is 0 Å². The van der Waals surface area contributed by atoms with E-state index in [0.29, 0.717) is 6.61 Å². The number of hydrogen-bond acceptors (Lipinski definition) is 5. The molecule has 1 aromatic carbocycles. The zero-order valence-electron chi connectivity index (χ0n) is 11.3. The molecule has 0 atom stereocenters. The average Bonchev–Trinajstić information content (AvgIpc) is 2.51. The van der Waals surface area contributed by atoms with E-state index in [1.165, 1.54) is 0 Å². The maximum Gasteiger partial charge on any atom is 0.330 e. The summed E-state index contributed by atoms with van der Waals surface area (Å²) in [4.78, 5) is 11.0. The van der Waals surface area contributed by atoms with Crippen molar-refractivity contribution in [1.29, 1.82) is 0 Å². The van der Waals surface area contributed by atoms with Crippen molar-refractivity contribution in [1.82, 2.24) is 0 Å². The SMILES string of the molecule is C=CC(=O)OCC(CO)(CO)COCc1ccccc1. The zero-order valence-corrected chi connectivity index (χ0v) is 11.3. The number of carbonyl (C=O) groups is 1. The number of hydrogen-bond donors (Lipinski definition) is 2. The number of aliphatic hydroxyl groups excluding tert-OH is 2. The summed E-state index contributed by atoms with van der Waals surface area (Å²) in [5.41, 5.74) is -0.0200. The van der Waals surface area contributed by atoms with Gasteiger partial charge >= 0.3 is 5.97 Å². The quantitative estimate of drug-likeness (QED) is 0.519. The summed E-state index contributed by atoms with van der Waals surface area (Å²) in [6.45, 7) is 2.91. The molecule has 0 heterocycles. The van der Waals surface area contributed by atoms with Gasteiger partial charge in [-0.2, -0.15) is 0 Å². The average molecular weight is 280 g/mol. The Hall–Kier alpha value is -1.69. The topological polar surface area (TPSA) is 76.0 Å². The van der Waals surface area contributed by atoms with E-state index in [4.69, 9.17) is 9.47 Å². The molecule has 0 amide bonds. The standard InChI is InChI=1S/C15H20O5/c1-2-14(18)20-12-15(9-16,10-17)11-19-8-13-6-4-3-5-7-13/h2-7,16-17H,1,8-12H2. The van der Waals surface area contributed by atoms with E-state index < -0.39 is 11.4 Å². The predicted molar refractivity (Wildman–Crippen MR) is 73.9 cm³/mol. The highest BCUT2D eigenvalue weighted by molar-refractivity contribution is 5.81. The van der Waals surface area contributed by atoms with Crippen LogP contribution in [0.25, 0.3) is 0 Å². The zero-order chi connectivity index (χ0) is 14.8. The monoisotopic (exact) mass is 280 g/mol. The Labute approximate surface area is 118 Å². The van der Waals surface area contributed by atoms with Gasteiger partial charge in [0.25, 0.3) is 0 Å². The fourth-order valence-corrected chi connectivity index (χ4v) is 1.52. The third-order valence-electron chi connectivity index (χ3n) is 2.88. The number of benzene rings is 1. The maximum absolute atomic E-state index is 11.0. The Kier molecular flexibility index (Phi) is 6.93. The molecule has 0 aromatic heterocycles. The minimum atomic E-state index is -1.01. The lowest BCUT2D eigenvalue weighted by Gasteiger charge is -2.28. The molecule has 0 unspecified atom stereocenters. The van der Waals surface area contributed by atoms with Gasteiger partial charge in [-0.25, -0.2) is 4.79 Å². The predicted octanol–water partition coefficient (Wildman–Crippen LogP) is 0.903.